The highest BCUT2D eigenvalue weighted by molar-refractivity contribution is 7.39. The van der Waals surface area contributed by atoms with Crippen molar-refractivity contribution in [2.75, 3.05) is 21.3 Å². The Kier molecular flexibility index (Phi) is 9.96. The van der Waals surface area contributed by atoms with Crippen molar-refractivity contribution in [3.8, 4) is 0 Å². The van der Waals surface area contributed by atoms with Gasteiger partial charge in [0.2, 0.25) is 0 Å². The van der Waals surface area contributed by atoms with E-state index >= 15 is 0 Å². The van der Waals surface area contributed by atoms with Crippen LogP contribution in [0.2, 0.25) is 0 Å². The second-order valence-electron chi connectivity index (χ2n) is 1.82. The first kappa shape index (κ1) is 16.6. The maximum atomic E-state index is 10.9. The number of hydrogen-bond donors (Lipinski definition) is 0. The molecule has 0 heterocycles. The summed E-state index contributed by atoms with van der Waals surface area (Å²) in [6, 6.07) is 0. The second kappa shape index (κ2) is 9.61. The van der Waals surface area contributed by atoms with Crippen LogP contribution in [-0.2, 0) is 38.0 Å². The van der Waals surface area contributed by atoms with Gasteiger partial charge in [0.1, 0.15) is 0 Å². The van der Waals surface area contributed by atoms with Crippen molar-refractivity contribution in [1.29, 1.82) is 0 Å². The fourth-order valence-electron chi connectivity index (χ4n) is 0.398. The van der Waals surface area contributed by atoms with E-state index in [0.29, 0.717) is 0 Å². The summed E-state index contributed by atoms with van der Waals surface area (Å²) in [7, 11) is -4.12. The number of rotatable bonds is 9. The first-order chi connectivity index (χ1) is 7.53. The molecule has 0 fully saturated rings. The normalized spacial score (nSPS) is 13.3. The molecule has 0 aromatic heterocycles. The molecule has 16 heavy (non-hydrogen) atoms. The zero-order valence-electron chi connectivity index (χ0n) is 8.59. The van der Waals surface area contributed by atoms with Gasteiger partial charge in [-0.3, -0.25) is 0 Å². The Hall–Kier alpha value is 0.592. The van der Waals surface area contributed by atoms with Gasteiger partial charge in [-0.2, -0.15) is 10.7 Å². The van der Waals surface area contributed by atoms with Gasteiger partial charge in [0.15, 0.2) is 0 Å². The van der Waals surface area contributed by atoms with Crippen molar-refractivity contribution in [2.45, 2.75) is 0 Å². The van der Waals surface area contributed by atoms with Crippen molar-refractivity contribution < 1.29 is 38.0 Å². The van der Waals surface area contributed by atoms with Gasteiger partial charge in [0.05, 0.1) is 21.3 Å². The van der Waals surface area contributed by atoms with E-state index < -0.39 is 39.9 Å². The molecule has 3 unspecified atom stereocenters. The van der Waals surface area contributed by atoms with Gasteiger partial charge in [-0.05, 0) is 0 Å². The van der Waals surface area contributed by atoms with Crippen LogP contribution in [0.3, 0.4) is 0 Å². The number of hydrogen-bond acceptors (Lipinski definition) is 9. The maximum Gasteiger partial charge on any atom is 1.05 e. The Balaban J connectivity index is 4.31. The third-order valence-corrected chi connectivity index (χ3v) is 5.99. The largest absolute Gasteiger partial charge is 1.05 e. The summed E-state index contributed by atoms with van der Waals surface area (Å²) in [4.78, 5) is 0. The van der Waals surface area contributed by atoms with E-state index in [0.717, 1.165) is 21.3 Å². The molecule has 90 valence electrons. The first-order valence-electron chi connectivity index (χ1n) is 3.58. The molecule has 0 aromatic carbocycles. The molecule has 0 bridgehead atoms. The Morgan fingerprint density at radius 1 is 0.688 bits per heavy atom. The van der Waals surface area contributed by atoms with Crippen molar-refractivity contribution in [3.05, 3.63) is 0 Å². The van der Waals surface area contributed by atoms with Gasteiger partial charge in [-0.25, -0.2) is 0 Å². The van der Waals surface area contributed by atoms with E-state index in [4.69, 9.17) is 0 Å². The summed E-state index contributed by atoms with van der Waals surface area (Å²) in [5.41, 5.74) is 0. The Bertz CT molecular complexity index is 228. The average Bonchev–Trinajstić information content (AvgIpc) is 2.28. The summed E-state index contributed by atoms with van der Waals surface area (Å²) >= 11 is -3.19. The Labute approximate surface area is 99.5 Å². The van der Waals surface area contributed by atoms with Gasteiger partial charge >= 0.3 is 39.9 Å². The van der Waals surface area contributed by atoms with E-state index in [-0.39, 0.29) is 0 Å². The van der Waals surface area contributed by atoms with Crippen LogP contribution in [0, 0.1) is 0 Å². The molecule has 0 aromatic rings. The zero-order valence-corrected chi connectivity index (χ0v) is 12.4. The lowest BCUT2D eigenvalue weighted by molar-refractivity contribution is 0.243. The van der Waals surface area contributed by atoms with Gasteiger partial charge in [0, 0.05) is 13.7 Å². The van der Waals surface area contributed by atoms with Crippen molar-refractivity contribution in [3.63, 3.8) is 0 Å². The molecule has 0 aliphatic heterocycles. The Morgan fingerprint density at radius 2 is 0.938 bits per heavy atom. The zero-order chi connectivity index (χ0) is 12.6. The highest BCUT2D eigenvalue weighted by Gasteiger charge is 2.58. The summed E-state index contributed by atoms with van der Waals surface area (Å²) < 4.78 is 59.3. The lowest BCUT2D eigenvalue weighted by Crippen LogP contribution is -2.19. The van der Waals surface area contributed by atoms with E-state index in [1.54, 1.807) is 0 Å². The van der Waals surface area contributed by atoms with Crippen molar-refractivity contribution >= 4 is 39.9 Å². The maximum absolute atomic E-state index is 10.9. The molecule has 0 saturated carbocycles. The fourth-order valence-corrected chi connectivity index (χ4v) is 4.62. The van der Waals surface area contributed by atoms with Crippen LogP contribution in [0.5, 0.6) is 0 Å². The topological polar surface area (TPSA) is 107 Å². The molecular formula is C3H9AlO9P3+3. The molecular weight excluding hydrogens is 300 g/mol. The van der Waals surface area contributed by atoms with Gasteiger partial charge < -0.3 is 0 Å². The molecule has 9 nitrogen and oxygen atoms in total. The van der Waals surface area contributed by atoms with Crippen molar-refractivity contribution in [2.24, 2.45) is 0 Å². The van der Waals surface area contributed by atoms with Crippen LogP contribution in [-0.4, -0.2) is 36.5 Å². The summed E-state index contributed by atoms with van der Waals surface area (Å²) in [5, 5.41) is 0. The molecule has 0 spiro atoms. The quantitative estimate of drug-likeness (QED) is 0.466. The van der Waals surface area contributed by atoms with E-state index in [1.165, 1.54) is 0 Å². The van der Waals surface area contributed by atoms with E-state index in [9.17, 15) is 13.7 Å². The van der Waals surface area contributed by atoms with Crippen LogP contribution >= 0.6 is 24.8 Å². The monoisotopic (exact) mass is 309 g/mol. The smallest absolute Gasteiger partial charge is 0.173 e. The third kappa shape index (κ3) is 7.80. The van der Waals surface area contributed by atoms with Crippen LogP contribution in [0.25, 0.3) is 0 Å². The minimum Gasteiger partial charge on any atom is -0.173 e. The first-order valence-corrected chi connectivity index (χ1v) is 8.28. The average molecular weight is 309 g/mol. The third-order valence-electron chi connectivity index (χ3n) is 0.964. The Morgan fingerprint density at radius 3 is 1.12 bits per heavy atom. The molecule has 0 aliphatic rings. The molecule has 0 aliphatic carbocycles. The predicted molar refractivity (Wildman–Crippen MR) is 52.9 cm³/mol. The lowest BCUT2D eigenvalue weighted by atomic mass is 11.8. The van der Waals surface area contributed by atoms with Crippen LogP contribution < -0.4 is 0 Å². The SMILES string of the molecule is CO[P+](=O)[O][Al]([O][P+](=O)OC)[O][P+](=O)OC. The molecule has 0 amide bonds. The fraction of sp³-hybridized carbons (Fsp3) is 1.00. The summed E-state index contributed by atoms with van der Waals surface area (Å²) in [6.07, 6.45) is 0. The molecule has 0 saturated heterocycles. The van der Waals surface area contributed by atoms with Crippen molar-refractivity contribution in [1.82, 2.24) is 0 Å². The van der Waals surface area contributed by atoms with Crippen LogP contribution in [0.4, 0.5) is 0 Å². The van der Waals surface area contributed by atoms with Crippen LogP contribution in [0.15, 0.2) is 0 Å². The molecule has 3 atom stereocenters. The van der Waals surface area contributed by atoms with Crippen LogP contribution in [0.1, 0.15) is 0 Å². The minimum atomic E-state index is -3.19. The standard InChI is InChI=1S/3CH3O3P.Al/c3*1-4-5(2)3;/h3*1H3;/q;;;+3. The molecule has 0 radical (unpaired) electrons. The van der Waals surface area contributed by atoms with E-state index in [2.05, 4.69) is 24.3 Å². The molecule has 0 rings (SSSR count). The second-order valence-corrected chi connectivity index (χ2v) is 7.37. The highest BCUT2D eigenvalue weighted by atomic mass is 31.1. The van der Waals surface area contributed by atoms with Gasteiger partial charge in [0.25, 0.3) is 0 Å². The highest BCUT2D eigenvalue weighted by Crippen LogP contribution is 2.34. The summed E-state index contributed by atoms with van der Waals surface area (Å²) in [5.74, 6) is 0. The molecule has 0 N–H and O–H groups in total. The minimum absolute atomic E-state index is 1.12. The van der Waals surface area contributed by atoms with E-state index in [1.807, 2.05) is 0 Å². The van der Waals surface area contributed by atoms with Gasteiger partial charge in [-0.15, -0.1) is 13.6 Å². The summed E-state index contributed by atoms with van der Waals surface area (Å²) in [6.45, 7) is 0. The predicted octanol–water partition coefficient (Wildman–Crippen LogP) is 1.93. The van der Waals surface area contributed by atoms with Gasteiger partial charge in [-0.1, -0.05) is 0 Å². The lowest BCUT2D eigenvalue weighted by Gasteiger charge is -1.87. The molecule has 13 heteroatoms.